The number of nitrogens with two attached hydrogens (primary N) is 1. The molecular formula is C14H20FN. The molecule has 1 aromatic carbocycles. The van der Waals surface area contributed by atoms with E-state index in [0.717, 1.165) is 31.4 Å². The molecule has 0 spiro atoms. The fourth-order valence-corrected chi connectivity index (χ4v) is 3.02. The van der Waals surface area contributed by atoms with Crippen LogP contribution in [0.3, 0.4) is 0 Å². The van der Waals surface area contributed by atoms with E-state index in [0.29, 0.717) is 5.92 Å². The Labute approximate surface area is 96.9 Å². The first-order valence-corrected chi connectivity index (χ1v) is 6.05. The number of halogens is 1. The minimum absolute atomic E-state index is 0.0447. The lowest BCUT2D eigenvalue weighted by Gasteiger charge is -2.40. The quantitative estimate of drug-likeness (QED) is 0.816. The van der Waals surface area contributed by atoms with Crippen LogP contribution in [0.1, 0.15) is 37.8 Å². The Morgan fingerprint density at radius 2 is 2.19 bits per heavy atom. The highest BCUT2D eigenvalue weighted by Crippen LogP contribution is 2.43. The molecular weight excluding hydrogens is 201 g/mol. The molecule has 1 aliphatic carbocycles. The molecule has 1 aromatic rings. The normalized spacial score (nSPS) is 22.9. The highest BCUT2D eigenvalue weighted by Gasteiger charge is 2.36. The van der Waals surface area contributed by atoms with E-state index in [1.54, 1.807) is 6.07 Å². The predicted molar refractivity (Wildman–Crippen MR) is 64.9 cm³/mol. The molecule has 1 atom stereocenters. The Balaban J connectivity index is 2.42. The molecule has 2 heteroatoms. The number of fused-ring (bicyclic) bond motifs is 1. The SMILES string of the molecule is CC1(C)c2cccc(F)c2CCC1CCN. The maximum Gasteiger partial charge on any atom is 0.126 e. The molecule has 16 heavy (non-hydrogen) atoms. The molecule has 0 aliphatic heterocycles. The maximum atomic E-state index is 13.7. The van der Waals surface area contributed by atoms with Gasteiger partial charge in [0.15, 0.2) is 0 Å². The first-order chi connectivity index (χ1) is 7.57. The van der Waals surface area contributed by atoms with Crippen LogP contribution in [0, 0.1) is 11.7 Å². The van der Waals surface area contributed by atoms with Gasteiger partial charge in [0.1, 0.15) is 5.82 Å². The van der Waals surface area contributed by atoms with E-state index >= 15 is 0 Å². The molecule has 1 nitrogen and oxygen atoms in total. The summed E-state index contributed by atoms with van der Waals surface area (Å²) in [5.74, 6) is 0.531. The van der Waals surface area contributed by atoms with Crippen molar-refractivity contribution in [3.05, 3.63) is 35.1 Å². The van der Waals surface area contributed by atoms with Gasteiger partial charge in [0.25, 0.3) is 0 Å². The zero-order valence-electron chi connectivity index (χ0n) is 10.1. The van der Waals surface area contributed by atoms with Gasteiger partial charge in [0, 0.05) is 0 Å². The summed E-state index contributed by atoms with van der Waals surface area (Å²) < 4.78 is 13.7. The Hall–Kier alpha value is -0.890. The molecule has 1 aliphatic rings. The standard InChI is InChI=1S/C14H20FN/c1-14(2)10(8-9-16)6-7-11-12(14)4-3-5-13(11)15/h3-5,10H,6-9,16H2,1-2H3. The molecule has 0 saturated heterocycles. The third-order valence-corrected chi connectivity index (χ3v) is 4.09. The maximum absolute atomic E-state index is 13.7. The zero-order chi connectivity index (χ0) is 11.8. The number of rotatable bonds is 2. The summed E-state index contributed by atoms with van der Waals surface area (Å²) >= 11 is 0. The summed E-state index contributed by atoms with van der Waals surface area (Å²) in [5, 5.41) is 0. The van der Waals surface area contributed by atoms with Crippen molar-refractivity contribution in [2.45, 2.75) is 38.5 Å². The highest BCUT2D eigenvalue weighted by atomic mass is 19.1. The summed E-state index contributed by atoms with van der Waals surface area (Å²) in [6.07, 6.45) is 2.94. The molecule has 0 heterocycles. The van der Waals surface area contributed by atoms with E-state index in [1.807, 2.05) is 6.07 Å². The van der Waals surface area contributed by atoms with Crippen molar-refractivity contribution < 1.29 is 4.39 Å². The fraction of sp³-hybridized carbons (Fsp3) is 0.571. The van der Waals surface area contributed by atoms with Crippen LogP contribution in [0.4, 0.5) is 4.39 Å². The van der Waals surface area contributed by atoms with Gasteiger partial charge in [-0.15, -0.1) is 0 Å². The largest absolute Gasteiger partial charge is 0.330 e. The van der Waals surface area contributed by atoms with E-state index in [2.05, 4.69) is 19.9 Å². The number of hydrogen-bond donors (Lipinski definition) is 1. The summed E-state index contributed by atoms with van der Waals surface area (Å²) in [6, 6.07) is 5.46. The van der Waals surface area contributed by atoms with Crippen molar-refractivity contribution in [2.24, 2.45) is 11.7 Å². The molecule has 0 bridgehead atoms. The van der Waals surface area contributed by atoms with Gasteiger partial charge in [-0.1, -0.05) is 26.0 Å². The monoisotopic (exact) mass is 221 g/mol. The Bertz CT molecular complexity index is 384. The molecule has 0 fully saturated rings. The smallest absolute Gasteiger partial charge is 0.126 e. The Morgan fingerprint density at radius 1 is 1.44 bits per heavy atom. The fourth-order valence-electron chi connectivity index (χ4n) is 3.02. The van der Waals surface area contributed by atoms with Crippen LogP contribution in [0.15, 0.2) is 18.2 Å². The van der Waals surface area contributed by atoms with Crippen molar-refractivity contribution in [1.29, 1.82) is 0 Å². The Kier molecular flexibility index (Phi) is 3.02. The lowest BCUT2D eigenvalue weighted by atomic mass is 9.64. The summed E-state index contributed by atoms with van der Waals surface area (Å²) in [7, 11) is 0. The van der Waals surface area contributed by atoms with Gasteiger partial charge < -0.3 is 5.73 Å². The van der Waals surface area contributed by atoms with E-state index in [1.165, 1.54) is 5.56 Å². The van der Waals surface area contributed by atoms with Gasteiger partial charge in [-0.25, -0.2) is 4.39 Å². The van der Waals surface area contributed by atoms with Crippen molar-refractivity contribution in [3.8, 4) is 0 Å². The van der Waals surface area contributed by atoms with E-state index in [-0.39, 0.29) is 11.2 Å². The van der Waals surface area contributed by atoms with Crippen LogP contribution in [-0.4, -0.2) is 6.54 Å². The Morgan fingerprint density at radius 3 is 2.88 bits per heavy atom. The molecule has 2 N–H and O–H groups in total. The second-order valence-corrected chi connectivity index (χ2v) is 5.30. The van der Waals surface area contributed by atoms with Gasteiger partial charge in [-0.3, -0.25) is 0 Å². The highest BCUT2D eigenvalue weighted by molar-refractivity contribution is 5.37. The molecule has 1 unspecified atom stereocenters. The van der Waals surface area contributed by atoms with Crippen LogP contribution in [0.5, 0.6) is 0 Å². The average Bonchev–Trinajstić information content (AvgIpc) is 2.23. The van der Waals surface area contributed by atoms with Gasteiger partial charge in [0.2, 0.25) is 0 Å². The van der Waals surface area contributed by atoms with Crippen molar-refractivity contribution in [1.82, 2.24) is 0 Å². The van der Waals surface area contributed by atoms with Crippen LogP contribution in [-0.2, 0) is 11.8 Å². The molecule has 88 valence electrons. The van der Waals surface area contributed by atoms with E-state index < -0.39 is 0 Å². The van der Waals surface area contributed by atoms with Gasteiger partial charge >= 0.3 is 0 Å². The minimum Gasteiger partial charge on any atom is -0.330 e. The summed E-state index contributed by atoms with van der Waals surface area (Å²) in [6.45, 7) is 5.15. The van der Waals surface area contributed by atoms with Gasteiger partial charge in [-0.2, -0.15) is 0 Å². The molecule has 0 radical (unpaired) electrons. The van der Waals surface area contributed by atoms with Crippen molar-refractivity contribution in [2.75, 3.05) is 6.54 Å². The lowest BCUT2D eigenvalue weighted by molar-refractivity contribution is 0.261. The molecule has 2 rings (SSSR count). The van der Waals surface area contributed by atoms with E-state index in [4.69, 9.17) is 5.73 Å². The minimum atomic E-state index is -0.0447. The summed E-state index contributed by atoms with van der Waals surface area (Å²) in [4.78, 5) is 0. The number of hydrogen-bond acceptors (Lipinski definition) is 1. The zero-order valence-corrected chi connectivity index (χ0v) is 10.1. The number of benzene rings is 1. The first-order valence-electron chi connectivity index (χ1n) is 6.05. The first kappa shape index (κ1) is 11.6. The van der Waals surface area contributed by atoms with E-state index in [9.17, 15) is 4.39 Å². The van der Waals surface area contributed by atoms with Crippen LogP contribution in [0.25, 0.3) is 0 Å². The molecule has 0 amide bonds. The third-order valence-electron chi connectivity index (χ3n) is 4.09. The predicted octanol–water partition coefficient (Wildman–Crippen LogP) is 3.01. The van der Waals surface area contributed by atoms with Crippen LogP contribution < -0.4 is 5.73 Å². The third kappa shape index (κ3) is 1.75. The van der Waals surface area contributed by atoms with Crippen molar-refractivity contribution >= 4 is 0 Å². The van der Waals surface area contributed by atoms with Gasteiger partial charge in [0.05, 0.1) is 0 Å². The topological polar surface area (TPSA) is 26.0 Å². The second-order valence-electron chi connectivity index (χ2n) is 5.30. The van der Waals surface area contributed by atoms with Crippen LogP contribution >= 0.6 is 0 Å². The average molecular weight is 221 g/mol. The van der Waals surface area contributed by atoms with Gasteiger partial charge in [-0.05, 0) is 54.3 Å². The summed E-state index contributed by atoms with van der Waals surface area (Å²) in [5.41, 5.74) is 7.80. The molecule has 0 saturated carbocycles. The van der Waals surface area contributed by atoms with Crippen molar-refractivity contribution in [3.63, 3.8) is 0 Å². The lowest BCUT2D eigenvalue weighted by Crippen LogP contribution is -2.35. The second kappa shape index (κ2) is 4.17. The van der Waals surface area contributed by atoms with Crippen LogP contribution in [0.2, 0.25) is 0 Å². The molecule has 0 aromatic heterocycles.